The minimum atomic E-state index is -0.0434. The Morgan fingerprint density at radius 1 is 1.65 bits per heavy atom. The lowest BCUT2D eigenvalue weighted by atomic mass is 9.99. The van der Waals surface area contributed by atoms with Crippen LogP contribution in [0.25, 0.3) is 0 Å². The number of nitrogens with zero attached hydrogens (tertiary/aromatic N) is 2. The van der Waals surface area contributed by atoms with Crippen molar-refractivity contribution in [3.8, 4) is 0 Å². The summed E-state index contributed by atoms with van der Waals surface area (Å²) < 4.78 is 5.03. The van der Waals surface area contributed by atoms with Crippen LogP contribution in [0.5, 0.6) is 0 Å². The van der Waals surface area contributed by atoms with Gasteiger partial charge in [0.1, 0.15) is 0 Å². The van der Waals surface area contributed by atoms with Crippen molar-refractivity contribution >= 4 is 5.91 Å². The van der Waals surface area contributed by atoms with Crippen LogP contribution < -0.4 is 5.73 Å². The molecular formula is C12H19N3O2. The van der Waals surface area contributed by atoms with E-state index < -0.39 is 0 Å². The molecule has 1 aromatic heterocycles. The maximum atomic E-state index is 12.3. The van der Waals surface area contributed by atoms with Crippen molar-refractivity contribution in [2.45, 2.75) is 38.6 Å². The Labute approximate surface area is 101 Å². The second kappa shape index (κ2) is 5.31. The Morgan fingerprint density at radius 2 is 2.47 bits per heavy atom. The van der Waals surface area contributed by atoms with Crippen LogP contribution in [0.1, 0.15) is 41.8 Å². The summed E-state index contributed by atoms with van der Waals surface area (Å²) >= 11 is 0. The number of aryl methyl sites for hydroxylation is 1. The lowest BCUT2D eigenvalue weighted by Gasteiger charge is -2.35. The minimum absolute atomic E-state index is 0.0434. The highest BCUT2D eigenvalue weighted by atomic mass is 16.5. The molecule has 0 bridgehead atoms. The highest BCUT2D eigenvalue weighted by molar-refractivity contribution is 5.92. The summed E-state index contributed by atoms with van der Waals surface area (Å²) in [7, 11) is 0. The van der Waals surface area contributed by atoms with Gasteiger partial charge in [0.25, 0.3) is 5.91 Å². The fourth-order valence-electron chi connectivity index (χ4n) is 2.39. The van der Waals surface area contributed by atoms with Gasteiger partial charge in [-0.1, -0.05) is 5.16 Å². The Morgan fingerprint density at radius 3 is 3.12 bits per heavy atom. The molecule has 1 aliphatic rings. The van der Waals surface area contributed by atoms with E-state index in [1.54, 1.807) is 6.20 Å². The predicted octanol–water partition coefficient (Wildman–Crippen LogP) is 1.33. The van der Waals surface area contributed by atoms with Crippen molar-refractivity contribution in [2.24, 2.45) is 5.73 Å². The number of piperidine rings is 1. The molecule has 94 valence electrons. The van der Waals surface area contributed by atoms with Crippen molar-refractivity contribution in [3.63, 3.8) is 0 Å². The number of amides is 1. The summed E-state index contributed by atoms with van der Waals surface area (Å²) in [5, 5.41) is 3.66. The molecule has 5 heteroatoms. The topological polar surface area (TPSA) is 72.4 Å². The van der Waals surface area contributed by atoms with Gasteiger partial charge in [0.15, 0.2) is 0 Å². The maximum Gasteiger partial charge on any atom is 0.292 e. The van der Waals surface area contributed by atoms with Gasteiger partial charge >= 0.3 is 0 Å². The van der Waals surface area contributed by atoms with Crippen LogP contribution >= 0.6 is 0 Å². The number of aromatic nitrogens is 1. The standard InChI is InChI=1S/C12H19N3O2/c1-9-8-14-17-11(9)12(16)15-7-3-2-4-10(15)5-6-13/h8,10H,2-7,13H2,1H3. The van der Waals surface area contributed by atoms with Crippen LogP contribution in [0.15, 0.2) is 10.7 Å². The normalized spacial score (nSPS) is 20.6. The SMILES string of the molecule is Cc1cnoc1C(=O)N1CCCCC1CCN. The summed E-state index contributed by atoms with van der Waals surface area (Å²) in [6, 6.07) is 0.255. The van der Waals surface area contributed by atoms with Crippen molar-refractivity contribution in [1.29, 1.82) is 0 Å². The number of likely N-dealkylation sites (tertiary alicyclic amines) is 1. The molecule has 0 spiro atoms. The quantitative estimate of drug-likeness (QED) is 0.860. The first-order valence-corrected chi connectivity index (χ1v) is 6.16. The molecular weight excluding hydrogens is 218 g/mol. The summed E-state index contributed by atoms with van der Waals surface area (Å²) in [6.07, 6.45) is 5.70. The molecule has 2 heterocycles. The van der Waals surface area contributed by atoms with Gasteiger partial charge in [0.2, 0.25) is 5.76 Å². The van der Waals surface area contributed by atoms with E-state index >= 15 is 0 Å². The second-order valence-electron chi connectivity index (χ2n) is 4.56. The van der Waals surface area contributed by atoms with Crippen molar-refractivity contribution in [1.82, 2.24) is 10.1 Å². The molecule has 17 heavy (non-hydrogen) atoms. The first-order chi connectivity index (χ1) is 8.24. The van der Waals surface area contributed by atoms with E-state index in [0.717, 1.165) is 31.4 Å². The molecule has 2 N–H and O–H groups in total. The van der Waals surface area contributed by atoms with Crippen LogP contribution in [0, 0.1) is 6.92 Å². The Hall–Kier alpha value is -1.36. The summed E-state index contributed by atoms with van der Waals surface area (Å²) in [5.74, 6) is 0.326. The van der Waals surface area contributed by atoms with Crippen LogP contribution in [-0.2, 0) is 0 Å². The molecule has 0 aliphatic carbocycles. The molecule has 1 saturated heterocycles. The van der Waals surface area contributed by atoms with Gasteiger partial charge in [0.05, 0.1) is 6.20 Å². The molecule has 0 aromatic carbocycles. The van der Waals surface area contributed by atoms with Crippen LogP contribution in [0.3, 0.4) is 0 Å². The number of carbonyl (C=O) groups is 1. The van der Waals surface area contributed by atoms with Crippen LogP contribution in [0.2, 0.25) is 0 Å². The van der Waals surface area contributed by atoms with E-state index in [9.17, 15) is 4.79 Å². The van der Waals surface area contributed by atoms with Gasteiger partial charge < -0.3 is 15.2 Å². The third-order valence-corrected chi connectivity index (χ3v) is 3.33. The molecule has 2 rings (SSSR count). The van der Waals surface area contributed by atoms with E-state index in [1.807, 2.05) is 11.8 Å². The molecule has 5 nitrogen and oxygen atoms in total. The van der Waals surface area contributed by atoms with Gasteiger partial charge in [-0.15, -0.1) is 0 Å². The Bertz CT molecular complexity index is 387. The van der Waals surface area contributed by atoms with E-state index in [0.29, 0.717) is 12.3 Å². The number of carbonyl (C=O) groups excluding carboxylic acids is 1. The van der Waals surface area contributed by atoms with Crippen LogP contribution in [-0.4, -0.2) is 35.1 Å². The van der Waals surface area contributed by atoms with Gasteiger partial charge in [-0.2, -0.15) is 0 Å². The monoisotopic (exact) mass is 237 g/mol. The minimum Gasteiger partial charge on any atom is -0.351 e. The molecule has 1 aromatic rings. The zero-order valence-electron chi connectivity index (χ0n) is 10.2. The molecule has 1 fully saturated rings. The highest BCUT2D eigenvalue weighted by Gasteiger charge is 2.29. The van der Waals surface area contributed by atoms with Gasteiger partial charge in [-0.25, -0.2) is 0 Å². The summed E-state index contributed by atoms with van der Waals surface area (Å²) in [4.78, 5) is 14.2. The van der Waals surface area contributed by atoms with Gasteiger partial charge in [-0.3, -0.25) is 4.79 Å². The maximum absolute atomic E-state index is 12.3. The number of rotatable bonds is 3. The largest absolute Gasteiger partial charge is 0.351 e. The zero-order valence-corrected chi connectivity index (χ0v) is 10.2. The first-order valence-electron chi connectivity index (χ1n) is 6.16. The lowest BCUT2D eigenvalue weighted by Crippen LogP contribution is -2.44. The third kappa shape index (κ3) is 2.49. The van der Waals surface area contributed by atoms with Gasteiger partial charge in [0, 0.05) is 18.2 Å². The van der Waals surface area contributed by atoms with Crippen molar-refractivity contribution in [3.05, 3.63) is 17.5 Å². The van der Waals surface area contributed by atoms with Gasteiger partial charge in [-0.05, 0) is 39.2 Å². The first kappa shape index (κ1) is 12.1. The van der Waals surface area contributed by atoms with Crippen LogP contribution in [0.4, 0.5) is 0 Å². The fraction of sp³-hybridized carbons (Fsp3) is 0.667. The van der Waals surface area contributed by atoms with Crippen molar-refractivity contribution in [2.75, 3.05) is 13.1 Å². The fourth-order valence-corrected chi connectivity index (χ4v) is 2.39. The Kier molecular flexibility index (Phi) is 3.78. The highest BCUT2D eigenvalue weighted by Crippen LogP contribution is 2.22. The van der Waals surface area contributed by atoms with E-state index in [4.69, 9.17) is 10.3 Å². The number of nitrogens with two attached hydrogens (primary N) is 1. The summed E-state index contributed by atoms with van der Waals surface area (Å²) in [5.41, 5.74) is 6.39. The van der Waals surface area contributed by atoms with E-state index in [1.165, 1.54) is 6.42 Å². The second-order valence-corrected chi connectivity index (χ2v) is 4.56. The summed E-state index contributed by atoms with van der Waals surface area (Å²) in [6.45, 7) is 3.25. The molecule has 1 amide bonds. The third-order valence-electron chi connectivity index (χ3n) is 3.33. The predicted molar refractivity (Wildman–Crippen MR) is 63.6 cm³/mol. The molecule has 0 saturated carbocycles. The number of hydrogen-bond acceptors (Lipinski definition) is 4. The number of hydrogen-bond donors (Lipinski definition) is 1. The lowest BCUT2D eigenvalue weighted by molar-refractivity contribution is 0.0562. The molecule has 0 radical (unpaired) electrons. The average molecular weight is 237 g/mol. The van der Waals surface area contributed by atoms with E-state index in [2.05, 4.69) is 5.16 Å². The molecule has 1 atom stereocenters. The van der Waals surface area contributed by atoms with Crippen molar-refractivity contribution < 1.29 is 9.32 Å². The Balaban J connectivity index is 2.14. The zero-order chi connectivity index (χ0) is 12.3. The molecule has 1 unspecified atom stereocenters. The average Bonchev–Trinajstić information content (AvgIpc) is 2.76. The smallest absolute Gasteiger partial charge is 0.292 e. The van der Waals surface area contributed by atoms with E-state index in [-0.39, 0.29) is 11.9 Å². The molecule has 1 aliphatic heterocycles.